The van der Waals surface area contributed by atoms with Gasteiger partial charge in [0.25, 0.3) is 5.91 Å². The fraction of sp³-hybridized carbons (Fsp3) is 0.417. The lowest BCUT2D eigenvalue weighted by Crippen LogP contribution is -2.43. The van der Waals surface area contributed by atoms with Crippen LogP contribution in [0.15, 0.2) is 42.6 Å². The van der Waals surface area contributed by atoms with E-state index in [1.807, 2.05) is 24.3 Å². The second kappa shape index (κ2) is 8.26. The molecule has 1 aliphatic heterocycles. The van der Waals surface area contributed by atoms with E-state index in [1.165, 1.54) is 9.80 Å². The van der Waals surface area contributed by atoms with Gasteiger partial charge in [-0.2, -0.15) is 0 Å². The zero-order chi connectivity index (χ0) is 23.8. The van der Waals surface area contributed by atoms with Crippen LogP contribution in [0.4, 0.5) is 21.1 Å². The number of nitrogens with one attached hydrogen (secondary N) is 1. The molecule has 1 fully saturated rings. The fourth-order valence-electron chi connectivity index (χ4n) is 3.48. The van der Waals surface area contributed by atoms with Gasteiger partial charge < -0.3 is 9.80 Å². The molecule has 1 aromatic heterocycles. The van der Waals surface area contributed by atoms with Gasteiger partial charge in [-0.15, -0.1) is 0 Å². The first-order valence-corrected chi connectivity index (χ1v) is 10.5. The van der Waals surface area contributed by atoms with E-state index < -0.39 is 5.54 Å². The van der Waals surface area contributed by atoms with Gasteiger partial charge in [-0.05, 0) is 54.7 Å². The quantitative estimate of drug-likeness (QED) is 0.726. The number of benzene rings is 1. The van der Waals surface area contributed by atoms with Crippen LogP contribution < -0.4 is 10.2 Å². The van der Waals surface area contributed by atoms with Crippen LogP contribution in [0, 0.1) is 0 Å². The zero-order valence-electron chi connectivity index (χ0n) is 19.8. The van der Waals surface area contributed by atoms with E-state index in [9.17, 15) is 14.4 Å². The van der Waals surface area contributed by atoms with Gasteiger partial charge in [-0.3, -0.25) is 10.1 Å². The molecule has 5 amide bonds. The molecule has 3 rings (SSSR count). The van der Waals surface area contributed by atoms with Crippen molar-refractivity contribution in [1.29, 1.82) is 0 Å². The van der Waals surface area contributed by atoms with Crippen LogP contribution in [-0.2, 0) is 16.8 Å². The first-order valence-electron chi connectivity index (χ1n) is 10.5. The van der Waals surface area contributed by atoms with Crippen molar-refractivity contribution in [2.45, 2.75) is 52.1 Å². The molecule has 0 saturated carbocycles. The average molecular weight is 438 g/mol. The first-order chi connectivity index (χ1) is 14.8. The van der Waals surface area contributed by atoms with Crippen LogP contribution in [0.1, 0.15) is 45.7 Å². The molecule has 0 atom stereocenters. The lowest BCUT2D eigenvalue weighted by molar-refractivity contribution is -0.123. The highest BCUT2D eigenvalue weighted by Gasteiger charge is 2.51. The van der Waals surface area contributed by atoms with Crippen molar-refractivity contribution in [3.8, 4) is 0 Å². The number of carbonyl (C=O) groups excluding carboxylic acids is 3. The van der Waals surface area contributed by atoms with Crippen molar-refractivity contribution < 1.29 is 14.4 Å². The standard InChI is InChI=1S/C24H31N5O3/c1-23(2,3)17-8-10-18(11-9-17)29-20(30)24(4,5)28(22(29)32)15-16-12-13-25-19(14-16)26-21(31)27(6)7/h8-14H,15H2,1-7H3,(H,25,26,31). The molecule has 1 aliphatic rings. The van der Waals surface area contributed by atoms with Crippen molar-refractivity contribution in [2.24, 2.45) is 0 Å². The summed E-state index contributed by atoms with van der Waals surface area (Å²) in [4.78, 5) is 46.8. The average Bonchev–Trinajstić information content (AvgIpc) is 2.87. The van der Waals surface area contributed by atoms with Gasteiger partial charge in [0, 0.05) is 26.8 Å². The molecule has 0 radical (unpaired) electrons. The van der Waals surface area contributed by atoms with E-state index in [2.05, 4.69) is 31.1 Å². The molecular weight excluding hydrogens is 406 g/mol. The highest BCUT2D eigenvalue weighted by atomic mass is 16.2. The molecule has 2 heterocycles. The third-order valence-corrected chi connectivity index (χ3v) is 5.62. The molecule has 32 heavy (non-hydrogen) atoms. The van der Waals surface area contributed by atoms with Crippen molar-refractivity contribution in [1.82, 2.24) is 14.8 Å². The zero-order valence-corrected chi connectivity index (χ0v) is 19.8. The molecule has 0 unspecified atom stereocenters. The fourth-order valence-corrected chi connectivity index (χ4v) is 3.48. The van der Waals surface area contributed by atoms with E-state index in [0.29, 0.717) is 11.5 Å². The molecule has 170 valence electrons. The van der Waals surface area contributed by atoms with Crippen molar-refractivity contribution in [3.63, 3.8) is 0 Å². The molecule has 0 aliphatic carbocycles. The summed E-state index contributed by atoms with van der Waals surface area (Å²) in [5.41, 5.74) is 1.39. The van der Waals surface area contributed by atoms with Gasteiger partial charge in [-0.1, -0.05) is 32.9 Å². The Morgan fingerprint density at radius 1 is 1.09 bits per heavy atom. The Bertz CT molecular complexity index is 1040. The Morgan fingerprint density at radius 2 is 1.72 bits per heavy atom. The summed E-state index contributed by atoms with van der Waals surface area (Å²) in [6, 6.07) is 10.3. The van der Waals surface area contributed by atoms with Crippen LogP contribution in [0.3, 0.4) is 0 Å². The van der Waals surface area contributed by atoms with Crippen molar-refractivity contribution in [3.05, 3.63) is 53.7 Å². The van der Waals surface area contributed by atoms with E-state index >= 15 is 0 Å². The molecule has 2 aromatic rings. The van der Waals surface area contributed by atoms with Crippen LogP contribution >= 0.6 is 0 Å². The highest BCUT2D eigenvalue weighted by Crippen LogP contribution is 2.34. The minimum absolute atomic E-state index is 0.0239. The van der Waals surface area contributed by atoms with Crippen LogP contribution in [0.25, 0.3) is 0 Å². The summed E-state index contributed by atoms with van der Waals surface area (Å²) in [5.74, 6) is 0.104. The van der Waals surface area contributed by atoms with E-state index in [-0.39, 0.29) is 29.9 Å². The normalized spacial score (nSPS) is 15.8. The number of urea groups is 2. The Balaban J connectivity index is 1.85. The Kier molecular flexibility index (Phi) is 6.00. The molecule has 0 bridgehead atoms. The molecule has 0 spiro atoms. The van der Waals surface area contributed by atoms with Gasteiger partial charge in [0.1, 0.15) is 11.4 Å². The van der Waals surface area contributed by atoms with Crippen molar-refractivity contribution in [2.75, 3.05) is 24.3 Å². The van der Waals surface area contributed by atoms with Crippen molar-refractivity contribution >= 4 is 29.5 Å². The topological polar surface area (TPSA) is 85.9 Å². The number of carbonyl (C=O) groups is 3. The number of hydrogen-bond acceptors (Lipinski definition) is 4. The maximum atomic E-state index is 13.3. The predicted molar refractivity (Wildman–Crippen MR) is 125 cm³/mol. The predicted octanol–water partition coefficient (Wildman–Crippen LogP) is 4.22. The number of pyridine rings is 1. The SMILES string of the molecule is CN(C)C(=O)Nc1cc(CN2C(=O)N(c3ccc(C(C)(C)C)cc3)C(=O)C2(C)C)ccn1. The monoisotopic (exact) mass is 437 g/mol. The number of anilines is 2. The maximum absolute atomic E-state index is 13.3. The number of amides is 5. The molecule has 1 aromatic carbocycles. The maximum Gasteiger partial charge on any atom is 0.332 e. The molecule has 1 saturated heterocycles. The second-order valence-corrected chi connectivity index (χ2v) is 9.74. The molecular formula is C24H31N5O3. The van der Waals surface area contributed by atoms with Gasteiger partial charge in [0.2, 0.25) is 0 Å². The number of nitrogens with zero attached hydrogens (tertiary/aromatic N) is 4. The van der Waals surface area contributed by atoms with E-state index in [1.54, 1.807) is 51.2 Å². The lowest BCUT2D eigenvalue weighted by atomic mass is 9.87. The summed E-state index contributed by atoms with van der Waals surface area (Å²) >= 11 is 0. The Morgan fingerprint density at radius 3 is 2.28 bits per heavy atom. The number of imide groups is 1. The summed E-state index contributed by atoms with van der Waals surface area (Å²) in [5, 5.41) is 2.69. The molecule has 8 nitrogen and oxygen atoms in total. The van der Waals surface area contributed by atoms with E-state index in [0.717, 1.165) is 11.1 Å². The Labute approximate surface area is 189 Å². The highest BCUT2D eigenvalue weighted by molar-refractivity contribution is 6.22. The minimum atomic E-state index is -1.02. The van der Waals surface area contributed by atoms with Crippen LogP contribution in [0.2, 0.25) is 0 Å². The Hall–Kier alpha value is -3.42. The second-order valence-electron chi connectivity index (χ2n) is 9.74. The first kappa shape index (κ1) is 23.2. The summed E-state index contributed by atoms with van der Waals surface area (Å²) in [6.07, 6.45) is 1.57. The summed E-state index contributed by atoms with van der Waals surface area (Å²) in [7, 11) is 3.28. The minimum Gasteiger partial charge on any atom is -0.331 e. The van der Waals surface area contributed by atoms with Crippen LogP contribution in [-0.4, -0.2) is 52.4 Å². The third-order valence-electron chi connectivity index (χ3n) is 5.62. The number of rotatable bonds is 4. The lowest BCUT2D eigenvalue weighted by Gasteiger charge is -2.27. The van der Waals surface area contributed by atoms with Gasteiger partial charge in [0.15, 0.2) is 0 Å². The van der Waals surface area contributed by atoms with Crippen LogP contribution in [0.5, 0.6) is 0 Å². The van der Waals surface area contributed by atoms with Gasteiger partial charge in [-0.25, -0.2) is 19.5 Å². The number of aromatic nitrogens is 1. The largest absolute Gasteiger partial charge is 0.332 e. The smallest absolute Gasteiger partial charge is 0.331 e. The summed E-state index contributed by atoms with van der Waals surface area (Å²) < 4.78 is 0. The van der Waals surface area contributed by atoms with E-state index in [4.69, 9.17) is 0 Å². The third kappa shape index (κ3) is 4.44. The molecule has 1 N–H and O–H groups in total. The van der Waals surface area contributed by atoms with Gasteiger partial charge >= 0.3 is 12.1 Å². The molecule has 8 heteroatoms. The van der Waals surface area contributed by atoms with Gasteiger partial charge in [0.05, 0.1) is 5.69 Å². The summed E-state index contributed by atoms with van der Waals surface area (Å²) in [6.45, 7) is 10.0. The number of hydrogen-bond donors (Lipinski definition) is 1.